The van der Waals surface area contributed by atoms with Crippen LogP contribution in [-0.2, 0) is 0 Å². The Kier molecular flexibility index (Phi) is 5.45. The summed E-state index contributed by atoms with van der Waals surface area (Å²) in [5.41, 5.74) is 5.90. The van der Waals surface area contributed by atoms with Crippen LogP contribution in [0.1, 0.15) is 0 Å². The van der Waals surface area contributed by atoms with E-state index >= 15 is 0 Å². The lowest BCUT2D eigenvalue weighted by Crippen LogP contribution is -2.11. The third-order valence-electron chi connectivity index (χ3n) is 10.7. The quantitative estimate of drug-likeness (QED) is 0.177. The summed E-state index contributed by atoms with van der Waals surface area (Å²) in [7, 11) is 0. The van der Waals surface area contributed by atoms with E-state index in [0.717, 1.165) is 5.69 Å². The van der Waals surface area contributed by atoms with Gasteiger partial charge in [-0.2, -0.15) is 0 Å². The third kappa shape index (κ3) is 3.87. The molecule has 11 aromatic carbocycles. The molecule has 0 spiro atoms. The predicted molar refractivity (Wildman–Crippen MR) is 211 cm³/mol. The van der Waals surface area contributed by atoms with Crippen LogP contribution in [0.25, 0.3) is 86.5 Å². The van der Waals surface area contributed by atoms with Crippen LogP contribution in [0.4, 0.5) is 17.1 Å². The molecule has 0 radical (unpaired) electrons. The van der Waals surface area contributed by atoms with Gasteiger partial charge in [-0.1, -0.05) is 146 Å². The second kappa shape index (κ2) is 10.0. The zero-order valence-electron chi connectivity index (χ0n) is 26.7. The average molecular weight is 620 g/mol. The van der Waals surface area contributed by atoms with Gasteiger partial charge in [0.25, 0.3) is 0 Å². The van der Waals surface area contributed by atoms with Crippen molar-refractivity contribution in [3.05, 3.63) is 176 Å². The standard InChI is InChI=1S/C48H29N/c1-2-7-37-28-39(19-14-30(37)6-1)38-12-5-13-40(29-38)49(43-26-22-35-17-15-31-8-3-10-33-20-24-41(43)47(35)45(31)33)44-27-23-36-18-16-32-9-4-11-34-21-25-42(44)48(36)46(32)34/h1-29H. The summed E-state index contributed by atoms with van der Waals surface area (Å²) in [6.45, 7) is 0. The molecule has 0 aliphatic rings. The SMILES string of the molecule is c1cc(-c2ccc3ccccc3c2)cc(N(c2ccc3ccc4cccc5ccc2c3c45)c2ccc3ccc4cccc5ccc2c3c45)c1. The van der Waals surface area contributed by atoms with Crippen molar-refractivity contribution in [2.24, 2.45) is 0 Å². The van der Waals surface area contributed by atoms with E-state index in [1.165, 1.54) is 97.9 Å². The minimum absolute atomic E-state index is 1.13. The molecule has 0 aliphatic heterocycles. The molecule has 49 heavy (non-hydrogen) atoms. The van der Waals surface area contributed by atoms with Gasteiger partial charge in [-0.15, -0.1) is 0 Å². The highest BCUT2D eigenvalue weighted by Gasteiger charge is 2.22. The van der Waals surface area contributed by atoms with Crippen molar-refractivity contribution in [2.75, 3.05) is 4.90 Å². The zero-order valence-corrected chi connectivity index (χ0v) is 26.7. The van der Waals surface area contributed by atoms with Crippen LogP contribution in [0.15, 0.2) is 176 Å². The van der Waals surface area contributed by atoms with E-state index in [4.69, 9.17) is 0 Å². The van der Waals surface area contributed by atoms with Crippen LogP contribution in [0.5, 0.6) is 0 Å². The topological polar surface area (TPSA) is 3.24 Å². The Morgan fingerprint density at radius 2 is 0.694 bits per heavy atom. The second-order valence-electron chi connectivity index (χ2n) is 13.3. The number of rotatable bonds is 4. The first kappa shape index (κ1) is 26.6. The minimum Gasteiger partial charge on any atom is -0.309 e. The monoisotopic (exact) mass is 619 g/mol. The first-order valence-corrected chi connectivity index (χ1v) is 17.0. The lowest BCUT2D eigenvalue weighted by atomic mass is 9.91. The van der Waals surface area contributed by atoms with Crippen molar-refractivity contribution in [2.45, 2.75) is 0 Å². The lowest BCUT2D eigenvalue weighted by molar-refractivity contribution is 1.32. The molecule has 0 amide bonds. The molecule has 1 heteroatoms. The fraction of sp³-hybridized carbons (Fsp3) is 0. The largest absolute Gasteiger partial charge is 0.309 e. The molecule has 0 atom stereocenters. The molecule has 11 aromatic rings. The van der Waals surface area contributed by atoms with E-state index in [2.05, 4.69) is 181 Å². The number of anilines is 3. The van der Waals surface area contributed by atoms with E-state index in [9.17, 15) is 0 Å². The van der Waals surface area contributed by atoms with Crippen molar-refractivity contribution in [1.82, 2.24) is 0 Å². The highest BCUT2D eigenvalue weighted by molar-refractivity contribution is 6.28. The normalized spacial score (nSPS) is 12.1. The highest BCUT2D eigenvalue weighted by atomic mass is 15.1. The van der Waals surface area contributed by atoms with Gasteiger partial charge in [0, 0.05) is 16.5 Å². The van der Waals surface area contributed by atoms with Crippen molar-refractivity contribution >= 4 is 92.5 Å². The summed E-state index contributed by atoms with van der Waals surface area (Å²) in [5.74, 6) is 0. The predicted octanol–water partition coefficient (Wildman–Crippen LogP) is 13.8. The van der Waals surface area contributed by atoms with Crippen molar-refractivity contribution < 1.29 is 0 Å². The summed E-state index contributed by atoms with van der Waals surface area (Å²) in [5, 5.41) is 18.0. The fourth-order valence-electron chi connectivity index (χ4n) is 8.43. The van der Waals surface area contributed by atoms with Gasteiger partial charge in [0.15, 0.2) is 0 Å². The van der Waals surface area contributed by atoms with Gasteiger partial charge in [-0.25, -0.2) is 0 Å². The Morgan fingerprint density at radius 3 is 1.29 bits per heavy atom. The van der Waals surface area contributed by atoms with Crippen LogP contribution in [-0.4, -0.2) is 0 Å². The second-order valence-corrected chi connectivity index (χ2v) is 13.3. The fourth-order valence-corrected chi connectivity index (χ4v) is 8.43. The molecule has 11 rings (SSSR count). The molecule has 0 aliphatic carbocycles. The molecule has 1 nitrogen and oxygen atoms in total. The van der Waals surface area contributed by atoms with Crippen molar-refractivity contribution in [1.29, 1.82) is 0 Å². The molecule has 0 heterocycles. The molecule has 0 bridgehead atoms. The van der Waals surface area contributed by atoms with Gasteiger partial charge >= 0.3 is 0 Å². The summed E-state index contributed by atoms with van der Waals surface area (Å²) in [6.07, 6.45) is 0. The van der Waals surface area contributed by atoms with E-state index in [1.807, 2.05) is 0 Å². The molecule has 0 aromatic heterocycles. The smallest absolute Gasteiger partial charge is 0.0540 e. The van der Waals surface area contributed by atoms with Gasteiger partial charge < -0.3 is 4.90 Å². The Hall–Kier alpha value is -6.44. The Bertz CT molecular complexity index is 2880. The number of hydrogen-bond acceptors (Lipinski definition) is 1. The zero-order chi connectivity index (χ0) is 32.1. The lowest BCUT2D eigenvalue weighted by Gasteiger charge is -2.30. The molecule has 0 saturated heterocycles. The highest BCUT2D eigenvalue weighted by Crippen LogP contribution is 2.48. The van der Waals surface area contributed by atoms with E-state index < -0.39 is 0 Å². The summed E-state index contributed by atoms with van der Waals surface area (Å²) in [6, 6.07) is 65.3. The number of benzene rings is 11. The van der Waals surface area contributed by atoms with Crippen molar-refractivity contribution in [3.63, 3.8) is 0 Å². The van der Waals surface area contributed by atoms with Gasteiger partial charge in [-0.3, -0.25) is 0 Å². The van der Waals surface area contributed by atoms with Gasteiger partial charge in [-0.05, 0) is 106 Å². The minimum atomic E-state index is 1.13. The number of nitrogens with zero attached hydrogens (tertiary/aromatic N) is 1. The van der Waals surface area contributed by atoms with Crippen molar-refractivity contribution in [3.8, 4) is 11.1 Å². The van der Waals surface area contributed by atoms with Crippen LogP contribution >= 0.6 is 0 Å². The van der Waals surface area contributed by atoms with Gasteiger partial charge in [0.05, 0.1) is 11.4 Å². The molecule has 226 valence electrons. The Balaban J connectivity index is 1.23. The molecule has 0 fully saturated rings. The van der Waals surface area contributed by atoms with E-state index in [-0.39, 0.29) is 0 Å². The third-order valence-corrected chi connectivity index (χ3v) is 10.7. The van der Waals surface area contributed by atoms with E-state index in [0.29, 0.717) is 0 Å². The Morgan fingerprint density at radius 1 is 0.265 bits per heavy atom. The summed E-state index contributed by atoms with van der Waals surface area (Å²) in [4.78, 5) is 2.50. The number of hydrogen-bond donors (Lipinski definition) is 0. The van der Waals surface area contributed by atoms with Crippen LogP contribution < -0.4 is 4.90 Å². The molecule has 0 saturated carbocycles. The molecular formula is C48H29N. The van der Waals surface area contributed by atoms with Crippen LogP contribution in [0.3, 0.4) is 0 Å². The Labute approximate surface area is 283 Å². The van der Waals surface area contributed by atoms with Gasteiger partial charge in [0.2, 0.25) is 0 Å². The molecular weight excluding hydrogens is 591 g/mol. The average Bonchev–Trinajstić information content (AvgIpc) is 3.17. The number of fused-ring (bicyclic) bond motifs is 1. The van der Waals surface area contributed by atoms with Crippen LogP contribution in [0.2, 0.25) is 0 Å². The molecule has 0 unspecified atom stereocenters. The maximum absolute atomic E-state index is 2.50. The molecule has 0 N–H and O–H groups in total. The van der Waals surface area contributed by atoms with Crippen LogP contribution in [0, 0.1) is 0 Å². The summed E-state index contributed by atoms with van der Waals surface area (Å²) >= 11 is 0. The van der Waals surface area contributed by atoms with E-state index in [1.54, 1.807) is 0 Å². The first-order valence-electron chi connectivity index (χ1n) is 17.0. The maximum Gasteiger partial charge on any atom is 0.0540 e. The van der Waals surface area contributed by atoms with Gasteiger partial charge in [0.1, 0.15) is 0 Å². The first-order chi connectivity index (χ1) is 24.3. The maximum atomic E-state index is 2.50. The summed E-state index contributed by atoms with van der Waals surface area (Å²) < 4.78 is 0.